The lowest BCUT2D eigenvalue weighted by Crippen LogP contribution is -2.35. The summed E-state index contributed by atoms with van der Waals surface area (Å²) in [6, 6.07) is 4.99. The lowest BCUT2D eigenvalue weighted by atomic mass is 10.0. The molecule has 3 heteroatoms. The van der Waals surface area contributed by atoms with Crippen LogP contribution in [0.4, 0.5) is 4.39 Å². The Morgan fingerprint density at radius 2 is 1.89 bits per heavy atom. The zero-order valence-electron chi connectivity index (χ0n) is 12.4. The van der Waals surface area contributed by atoms with Crippen LogP contribution in [0.3, 0.4) is 0 Å². The van der Waals surface area contributed by atoms with E-state index in [2.05, 4.69) is 13.8 Å². The Bertz CT molecular complexity index is 427. The Hall–Kier alpha value is -1.38. The van der Waals surface area contributed by atoms with Gasteiger partial charge in [-0.15, -0.1) is 0 Å². The molecule has 0 unspecified atom stereocenters. The summed E-state index contributed by atoms with van der Waals surface area (Å²) in [5.74, 6) is -0.108. The van der Waals surface area contributed by atoms with Crippen molar-refractivity contribution in [1.29, 1.82) is 0 Å². The molecule has 0 atom stereocenters. The quantitative estimate of drug-likeness (QED) is 0.760. The summed E-state index contributed by atoms with van der Waals surface area (Å²) in [4.78, 5) is 14.1. The summed E-state index contributed by atoms with van der Waals surface area (Å²) in [5, 5.41) is 0. The fourth-order valence-electron chi connectivity index (χ4n) is 2.20. The van der Waals surface area contributed by atoms with E-state index in [-0.39, 0.29) is 11.5 Å². The largest absolute Gasteiger partial charge is 0.339 e. The molecule has 0 radical (unpaired) electrons. The summed E-state index contributed by atoms with van der Waals surface area (Å²) >= 11 is 0. The predicted molar refractivity (Wildman–Crippen MR) is 76.8 cm³/mol. The maximum absolute atomic E-state index is 14.0. The summed E-state index contributed by atoms with van der Waals surface area (Å²) in [7, 11) is 0. The van der Waals surface area contributed by atoms with Gasteiger partial charge in [-0.25, -0.2) is 4.39 Å². The Kier molecular flexibility index (Phi) is 6.00. The number of rotatable bonds is 6. The van der Waals surface area contributed by atoms with Crippen LogP contribution in [-0.4, -0.2) is 23.9 Å². The van der Waals surface area contributed by atoms with Crippen molar-refractivity contribution in [3.8, 4) is 0 Å². The van der Waals surface area contributed by atoms with Crippen LogP contribution in [0.2, 0.25) is 0 Å². The molecule has 2 nitrogen and oxygen atoms in total. The molecule has 1 rings (SSSR count). The molecule has 0 aromatic heterocycles. The van der Waals surface area contributed by atoms with Crippen LogP contribution in [0.1, 0.15) is 49.5 Å². The first-order valence-corrected chi connectivity index (χ1v) is 7.09. The average molecular weight is 265 g/mol. The molecule has 0 saturated carbocycles. The second kappa shape index (κ2) is 7.27. The van der Waals surface area contributed by atoms with E-state index < -0.39 is 5.82 Å². The minimum Gasteiger partial charge on any atom is -0.339 e. The lowest BCUT2D eigenvalue weighted by molar-refractivity contribution is 0.0730. The second-order valence-corrected chi connectivity index (χ2v) is 4.96. The van der Waals surface area contributed by atoms with Gasteiger partial charge in [-0.1, -0.05) is 38.8 Å². The van der Waals surface area contributed by atoms with Gasteiger partial charge < -0.3 is 4.90 Å². The summed E-state index contributed by atoms with van der Waals surface area (Å²) in [6.07, 6.45) is 2.08. The van der Waals surface area contributed by atoms with Gasteiger partial charge in [-0.3, -0.25) is 4.79 Å². The topological polar surface area (TPSA) is 20.3 Å². The Labute approximate surface area is 115 Å². The highest BCUT2D eigenvalue weighted by Gasteiger charge is 2.20. The Morgan fingerprint density at radius 3 is 2.42 bits per heavy atom. The van der Waals surface area contributed by atoms with Gasteiger partial charge in [0.15, 0.2) is 0 Å². The molecular weight excluding hydrogens is 241 g/mol. The van der Waals surface area contributed by atoms with Gasteiger partial charge in [-0.2, -0.15) is 0 Å². The van der Waals surface area contributed by atoms with Crippen molar-refractivity contribution < 1.29 is 9.18 Å². The van der Waals surface area contributed by atoms with Crippen molar-refractivity contribution in [2.24, 2.45) is 5.92 Å². The number of carbonyl (C=O) groups is 1. The van der Waals surface area contributed by atoms with E-state index >= 15 is 0 Å². The second-order valence-electron chi connectivity index (χ2n) is 4.96. The van der Waals surface area contributed by atoms with Crippen LogP contribution in [0.5, 0.6) is 0 Å². The molecule has 0 aliphatic rings. The van der Waals surface area contributed by atoms with Crippen molar-refractivity contribution in [3.63, 3.8) is 0 Å². The van der Waals surface area contributed by atoms with Gasteiger partial charge in [0, 0.05) is 13.1 Å². The fraction of sp³-hybridized carbons (Fsp3) is 0.562. The van der Waals surface area contributed by atoms with E-state index in [9.17, 15) is 9.18 Å². The normalized spacial score (nSPS) is 10.8. The van der Waals surface area contributed by atoms with Gasteiger partial charge >= 0.3 is 0 Å². The van der Waals surface area contributed by atoms with Gasteiger partial charge in [0.2, 0.25) is 0 Å². The number of benzene rings is 1. The number of halogens is 1. The standard InChI is InChI=1S/C16H24FNO/c1-5-13(6-2)11-18(7-3)16(19)14-10-8-9-12(4)15(14)17/h8-10,13H,5-7,11H2,1-4H3. The van der Waals surface area contributed by atoms with Gasteiger partial charge in [-0.05, 0) is 31.4 Å². The fourth-order valence-corrected chi connectivity index (χ4v) is 2.20. The number of amides is 1. The predicted octanol–water partition coefficient (Wildman–Crippen LogP) is 4.03. The number of nitrogens with zero attached hydrogens (tertiary/aromatic N) is 1. The van der Waals surface area contributed by atoms with Crippen LogP contribution in [-0.2, 0) is 0 Å². The van der Waals surface area contributed by atoms with E-state index in [4.69, 9.17) is 0 Å². The number of hydrogen-bond donors (Lipinski definition) is 0. The minimum absolute atomic E-state index is 0.188. The zero-order chi connectivity index (χ0) is 14.4. The highest BCUT2D eigenvalue weighted by atomic mass is 19.1. The Morgan fingerprint density at radius 1 is 1.26 bits per heavy atom. The molecule has 0 spiro atoms. The first-order valence-electron chi connectivity index (χ1n) is 7.09. The number of carbonyl (C=O) groups excluding carboxylic acids is 1. The monoisotopic (exact) mass is 265 g/mol. The van der Waals surface area contributed by atoms with Crippen molar-refractivity contribution in [1.82, 2.24) is 4.90 Å². The molecule has 0 N–H and O–H groups in total. The van der Waals surface area contributed by atoms with Crippen LogP contribution in [0, 0.1) is 18.7 Å². The summed E-state index contributed by atoms with van der Waals surface area (Å²) < 4.78 is 14.0. The molecule has 1 aromatic rings. The molecule has 106 valence electrons. The van der Waals surface area contributed by atoms with Crippen LogP contribution >= 0.6 is 0 Å². The lowest BCUT2D eigenvalue weighted by Gasteiger charge is -2.25. The highest BCUT2D eigenvalue weighted by Crippen LogP contribution is 2.17. The van der Waals surface area contributed by atoms with E-state index in [1.54, 1.807) is 30.0 Å². The van der Waals surface area contributed by atoms with Crippen molar-refractivity contribution in [3.05, 3.63) is 35.1 Å². The number of hydrogen-bond acceptors (Lipinski definition) is 1. The molecule has 1 amide bonds. The molecule has 19 heavy (non-hydrogen) atoms. The molecule has 0 aliphatic heterocycles. The molecular formula is C16H24FNO. The van der Waals surface area contributed by atoms with E-state index in [1.165, 1.54) is 0 Å². The maximum atomic E-state index is 14.0. The zero-order valence-corrected chi connectivity index (χ0v) is 12.4. The molecule has 0 heterocycles. The average Bonchev–Trinajstić information content (AvgIpc) is 2.43. The summed E-state index contributed by atoms with van der Waals surface area (Å²) in [5.41, 5.74) is 0.706. The van der Waals surface area contributed by atoms with E-state index in [1.807, 2.05) is 6.92 Å². The van der Waals surface area contributed by atoms with Crippen molar-refractivity contribution in [2.75, 3.05) is 13.1 Å². The van der Waals surface area contributed by atoms with Gasteiger partial charge in [0.25, 0.3) is 5.91 Å². The van der Waals surface area contributed by atoms with Crippen LogP contribution in [0.15, 0.2) is 18.2 Å². The van der Waals surface area contributed by atoms with E-state index in [0.717, 1.165) is 12.8 Å². The highest BCUT2D eigenvalue weighted by molar-refractivity contribution is 5.94. The smallest absolute Gasteiger partial charge is 0.256 e. The van der Waals surface area contributed by atoms with Crippen LogP contribution in [0.25, 0.3) is 0 Å². The molecule has 0 aliphatic carbocycles. The molecule has 1 aromatic carbocycles. The maximum Gasteiger partial charge on any atom is 0.256 e. The third-order valence-corrected chi connectivity index (χ3v) is 3.72. The van der Waals surface area contributed by atoms with Gasteiger partial charge in [0.1, 0.15) is 5.82 Å². The third kappa shape index (κ3) is 3.79. The van der Waals surface area contributed by atoms with Crippen molar-refractivity contribution in [2.45, 2.75) is 40.5 Å². The van der Waals surface area contributed by atoms with Crippen LogP contribution < -0.4 is 0 Å². The molecule has 0 fully saturated rings. The minimum atomic E-state index is -0.393. The molecule has 0 saturated heterocycles. The summed E-state index contributed by atoms with van der Waals surface area (Å²) in [6.45, 7) is 9.19. The van der Waals surface area contributed by atoms with Gasteiger partial charge in [0.05, 0.1) is 5.56 Å². The first-order chi connectivity index (χ1) is 9.04. The Balaban J connectivity index is 2.92. The number of aryl methyl sites for hydroxylation is 1. The SMILES string of the molecule is CCC(CC)CN(CC)C(=O)c1cccc(C)c1F. The molecule has 0 bridgehead atoms. The first kappa shape index (κ1) is 15.7. The third-order valence-electron chi connectivity index (χ3n) is 3.72. The van der Waals surface area contributed by atoms with Crippen molar-refractivity contribution >= 4 is 5.91 Å². The van der Waals surface area contributed by atoms with E-state index in [0.29, 0.717) is 24.6 Å².